The molecule has 0 radical (unpaired) electrons. The highest BCUT2D eigenvalue weighted by atomic mass is 32.2. The van der Waals surface area contributed by atoms with Gasteiger partial charge in [0.25, 0.3) is 0 Å². The molecule has 27 heavy (non-hydrogen) atoms. The normalized spacial score (nSPS) is 10.6. The molecule has 0 amide bonds. The van der Waals surface area contributed by atoms with Gasteiger partial charge in [-0.2, -0.15) is 5.26 Å². The Hall–Kier alpha value is -2.88. The third-order valence-electron chi connectivity index (χ3n) is 4.14. The molecule has 4 nitrogen and oxygen atoms in total. The van der Waals surface area contributed by atoms with Crippen molar-refractivity contribution in [2.45, 2.75) is 17.5 Å². The number of hydrogen-bond acceptors (Lipinski definition) is 5. The number of nitrogens with zero attached hydrogens (tertiary/aromatic N) is 4. The first-order chi connectivity index (χ1) is 13.3. The quantitative estimate of drug-likeness (QED) is 0.425. The molecule has 0 bridgehead atoms. The van der Waals surface area contributed by atoms with Crippen LogP contribution in [0.2, 0.25) is 0 Å². The maximum absolute atomic E-state index is 9.30. The Balaban J connectivity index is 1.65. The van der Waals surface area contributed by atoms with E-state index in [9.17, 15) is 5.26 Å². The van der Waals surface area contributed by atoms with Crippen LogP contribution in [0.25, 0.3) is 10.7 Å². The van der Waals surface area contributed by atoms with Crippen LogP contribution in [0.4, 0.5) is 0 Å². The lowest BCUT2D eigenvalue weighted by Crippen LogP contribution is -2.03. The van der Waals surface area contributed by atoms with E-state index in [0.717, 1.165) is 21.4 Å². The van der Waals surface area contributed by atoms with E-state index >= 15 is 0 Å². The number of rotatable bonds is 6. The van der Waals surface area contributed by atoms with E-state index < -0.39 is 0 Å². The van der Waals surface area contributed by atoms with Gasteiger partial charge >= 0.3 is 0 Å². The molecule has 2 heterocycles. The Morgan fingerprint density at radius 1 is 0.963 bits per heavy atom. The summed E-state index contributed by atoms with van der Waals surface area (Å²) in [4.78, 5) is 1.10. The maximum atomic E-state index is 9.30. The van der Waals surface area contributed by atoms with Crippen molar-refractivity contribution in [3.63, 3.8) is 0 Å². The van der Waals surface area contributed by atoms with Gasteiger partial charge in [-0.1, -0.05) is 66.4 Å². The van der Waals surface area contributed by atoms with Crippen molar-refractivity contribution in [1.29, 1.82) is 5.26 Å². The molecule has 4 aromatic rings. The van der Waals surface area contributed by atoms with Crippen LogP contribution < -0.4 is 0 Å². The van der Waals surface area contributed by atoms with Crippen LogP contribution in [0.5, 0.6) is 0 Å². The fourth-order valence-corrected chi connectivity index (χ4v) is 4.45. The van der Waals surface area contributed by atoms with E-state index in [2.05, 4.69) is 39.0 Å². The molecule has 0 unspecified atom stereocenters. The standard InChI is InChI=1S/C21H16N4S2/c22-13-17-9-4-5-10-18(17)15-27-21-24-23-20(19-11-6-12-26-19)25(21)14-16-7-2-1-3-8-16/h1-12H,14-15H2. The molecule has 132 valence electrons. The molecule has 0 saturated carbocycles. The molecule has 0 aliphatic heterocycles. The first-order valence-electron chi connectivity index (χ1n) is 8.47. The van der Waals surface area contributed by atoms with Gasteiger partial charge in [-0.25, -0.2) is 0 Å². The van der Waals surface area contributed by atoms with Crippen molar-refractivity contribution in [1.82, 2.24) is 14.8 Å². The van der Waals surface area contributed by atoms with E-state index in [4.69, 9.17) is 0 Å². The van der Waals surface area contributed by atoms with E-state index in [1.807, 2.05) is 53.9 Å². The molecule has 0 atom stereocenters. The monoisotopic (exact) mass is 388 g/mol. The van der Waals surface area contributed by atoms with Gasteiger partial charge < -0.3 is 0 Å². The Labute approximate surface area is 166 Å². The van der Waals surface area contributed by atoms with E-state index in [1.165, 1.54) is 5.56 Å². The number of benzene rings is 2. The SMILES string of the molecule is N#Cc1ccccc1CSc1nnc(-c2cccs2)n1Cc1ccccc1. The molecule has 0 fully saturated rings. The van der Waals surface area contributed by atoms with Gasteiger partial charge in [-0.3, -0.25) is 4.57 Å². The van der Waals surface area contributed by atoms with Crippen LogP contribution in [-0.2, 0) is 12.3 Å². The summed E-state index contributed by atoms with van der Waals surface area (Å²) < 4.78 is 2.15. The van der Waals surface area contributed by atoms with Crippen LogP contribution in [0.1, 0.15) is 16.7 Å². The van der Waals surface area contributed by atoms with E-state index in [1.54, 1.807) is 23.1 Å². The lowest BCUT2D eigenvalue weighted by molar-refractivity contribution is 0.715. The van der Waals surface area contributed by atoms with Crippen molar-refractivity contribution in [3.05, 3.63) is 88.8 Å². The van der Waals surface area contributed by atoms with Crippen molar-refractivity contribution in [3.8, 4) is 16.8 Å². The second-order valence-corrected chi connectivity index (χ2v) is 7.80. The summed E-state index contributed by atoms with van der Waals surface area (Å²) in [6, 6.07) is 24.4. The average molecular weight is 389 g/mol. The van der Waals surface area contributed by atoms with Crippen molar-refractivity contribution >= 4 is 23.1 Å². The van der Waals surface area contributed by atoms with Crippen LogP contribution >= 0.6 is 23.1 Å². The number of aromatic nitrogens is 3. The first-order valence-corrected chi connectivity index (χ1v) is 10.3. The molecule has 4 rings (SSSR count). The Bertz CT molecular complexity index is 1060. The Morgan fingerprint density at radius 3 is 2.56 bits per heavy atom. The minimum atomic E-state index is 0.682. The van der Waals surface area contributed by atoms with E-state index in [-0.39, 0.29) is 0 Å². The van der Waals surface area contributed by atoms with Gasteiger partial charge in [0.15, 0.2) is 11.0 Å². The number of hydrogen-bond donors (Lipinski definition) is 0. The number of thioether (sulfide) groups is 1. The predicted octanol–water partition coefficient (Wildman–Crippen LogP) is 5.22. The number of thiophene rings is 1. The summed E-state index contributed by atoms with van der Waals surface area (Å²) in [6.07, 6.45) is 0. The second-order valence-electron chi connectivity index (χ2n) is 5.91. The highest BCUT2D eigenvalue weighted by Crippen LogP contribution is 2.30. The molecular weight excluding hydrogens is 372 g/mol. The largest absolute Gasteiger partial charge is 0.297 e. The molecule has 0 aliphatic carbocycles. The highest BCUT2D eigenvalue weighted by molar-refractivity contribution is 7.98. The van der Waals surface area contributed by atoms with Crippen LogP contribution in [-0.4, -0.2) is 14.8 Å². The Kier molecular flexibility index (Phi) is 5.33. The minimum absolute atomic E-state index is 0.682. The molecule has 0 saturated heterocycles. The smallest absolute Gasteiger partial charge is 0.192 e. The minimum Gasteiger partial charge on any atom is -0.297 e. The van der Waals surface area contributed by atoms with Crippen molar-refractivity contribution in [2.24, 2.45) is 0 Å². The third kappa shape index (κ3) is 3.95. The fraction of sp³-hybridized carbons (Fsp3) is 0.0952. The van der Waals surface area contributed by atoms with Crippen LogP contribution in [0.3, 0.4) is 0 Å². The summed E-state index contributed by atoms with van der Waals surface area (Å²) in [7, 11) is 0. The zero-order valence-electron chi connectivity index (χ0n) is 14.4. The first kappa shape index (κ1) is 17.5. The second kappa shape index (κ2) is 8.21. The average Bonchev–Trinajstić information content (AvgIpc) is 3.37. The topological polar surface area (TPSA) is 54.5 Å². The predicted molar refractivity (Wildman–Crippen MR) is 110 cm³/mol. The summed E-state index contributed by atoms with van der Waals surface area (Å²) in [5, 5.41) is 21.1. The zero-order chi connectivity index (χ0) is 18.5. The zero-order valence-corrected chi connectivity index (χ0v) is 16.1. The molecule has 2 aromatic heterocycles. The summed E-state index contributed by atoms with van der Waals surface area (Å²) in [5.41, 5.74) is 2.92. The molecule has 2 aromatic carbocycles. The summed E-state index contributed by atoms with van der Waals surface area (Å²) in [5.74, 6) is 1.56. The van der Waals surface area contributed by atoms with E-state index in [0.29, 0.717) is 17.9 Å². The van der Waals surface area contributed by atoms with Gasteiger partial charge in [0.2, 0.25) is 0 Å². The van der Waals surface area contributed by atoms with Crippen LogP contribution in [0, 0.1) is 11.3 Å². The highest BCUT2D eigenvalue weighted by Gasteiger charge is 2.16. The van der Waals surface area contributed by atoms with Gasteiger partial charge in [0.1, 0.15) is 0 Å². The van der Waals surface area contributed by atoms with Crippen LogP contribution in [0.15, 0.2) is 77.3 Å². The van der Waals surface area contributed by atoms with Gasteiger partial charge in [0.05, 0.1) is 23.1 Å². The Morgan fingerprint density at radius 2 is 1.78 bits per heavy atom. The molecule has 6 heteroatoms. The summed E-state index contributed by atoms with van der Waals surface area (Å²) >= 11 is 3.27. The van der Waals surface area contributed by atoms with Gasteiger partial charge in [0, 0.05) is 5.75 Å². The third-order valence-corrected chi connectivity index (χ3v) is 6.02. The molecule has 0 spiro atoms. The van der Waals surface area contributed by atoms with Gasteiger partial charge in [-0.15, -0.1) is 21.5 Å². The van der Waals surface area contributed by atoms with Crippen molar-refractivity contribution in [2.75, 3.05) is 0 Å². The summed E-state index contributed by atoms with van der Waals surface area (Å²) in [6.45, 7) is 0.712. The van der Waals surface area contributed by atoms with Gasteiger partial charge in [-0.05, 0) is 28.6 Å². The lowest BCUT2D eigenvalue weighted by Gasteiger charge is -2.10. The molecular formula is C21H16N4S2. The lowest BCUT2D eigenvalue weighted by atomic mass is 10.1. The van der Waals surface area contributed by atoms with Crippen molar-refractivity contribution < 1.29 is 0 Å². The molecule has 0 N–H and O–H groups in total. The maximum Gasteiger partial charge on any atom is 0.192 e. The fourth-order valence-electron chi connectivity index (χ4n) is 2.79. The molecule has 0 aliphatic rings. The number of nitriles is 1.